The predicted molar refractivity (Wildman–Crippen MR) is 456 cm³/mol. The minimum atomic E-state index is -3.28. The molecule has 28 heteroatoms. The zero-order valence-corrected chi connectivity index (χ0v) is 69.1. The number of ether oxygens (including phenoxy) is 4. The Hall–Kier alpha value is -10.5. The number of amides is 3. The van der Waals surface area contributed by atoms with Crippen molar-refractivity contribution in [1.29, 1.82) is 0 Å². The summed E-state index contributed by atoms with van der Waals surface area (Å²) in [6.07, 6.45) is 20.9. The van der Waals surface area contributed by atoms with Crippen LogP contribution in [0.1, 0.15) is 159 Å². The molecule has 0 radical (unpaired) electrons. The minimum Gasteiger partial charge on any atom is -0.489 e. The molecule has 6 aliphatic rings. The van der Waals surface area contributed by atoms with Crippen LogP contribution in [0, 0.1) is 6.58 Å². The fraction of sp³-hybridized carbons (Fsp3) is 0.438. The van der Waals surface area contributed by atoms with Crippen molar-refractivity contribution in [2.75, 3.05) is 132 Å². The number of fused-ring (bicyclic) bond motifs is 2. The van der Waals surface area contributed by atoms with Crippen molar-refractivity contribution in [2.45, 2.75) is 141 Å². The number of nitrogens with zero attached hydrogens (tertiary/aromatic N) is 8. The molecule has 4 aliphatic heterocycles. The van der Waals surface area contributed by atoms with Crippen LogP contribution in [0.3, 0.4) is 0 Å². The van der Waals surface area contributed by atoms with Crippen LogP contribution in [-0.2, 0) is 75.0 Å². The number of halogens is 1. The number of methoxy groups -OCH3 is 2. The Kier molecular flexibility index (Phi) is 29.8. The summed E-state index contributed by atoms with van der Waals surface area (Å²) < 4.78 is 94.0. The maximum absolute atomic E-state index is 13.4. The number of aromatic nitrogens is 2. The van der Waals surface area contributed by atoms with Gasteiger partial charge in [-0.2, -0.15) is 8.61 Å². The van der Waals surface area contributed by atoms with E-state index in [1.165, 1.54) is 53.7 Å². The number of esters is 2. The largest absolute Gasteiger partial charge is 0.489 e. The van der Waals surface area contributed by atoms with Gasteiger partial charge in [-0.05, 0) is 188 Å². The average molecular weight is 1640 g/mol. The third kappa shape index (κ3) is 21.3. The number of carboxylic acids is 1. The lowest BCUT2D eigenvalue weighted by Gasteiger charge is -2.36. The third-order valence-electron chi connectivity index (χ3n) is 22.7. The van der Waals surface area contributed by atoms with Gasteiger partial charge in [-0.25, -0.2) is 26.4 Å². The zero-order valence-electron chi connectivity index (χ0n) is 68.5. The number of carbonyl (C=O) groups excluding carboxylic acids is 5. The highest BCUT2D eigenvalue weighted by molar-refractivity contribution is 7.88. The van der Waals surface area contributed by atoms with Gasteiger partial charge in [0.05, 0.1) is 68.8 Å². The molecular formula is C89H110FN10O15S2+. The van der Waals surface area contributed by atoms with Crippen molar-refractivity contribution in [3.8, 4) is 34.0 Å². The minimum absolute atomic E-state index is 0.0790. The first-order chi connectivity index (χ1) is 56.9. The van der Waals surface area contributed by atoms with E-state index in [0.717, 1.165) is 149 Å². The smallest absolute Gasteiger partial charge is 0.337 e. The van der Waals surface area contributed by atoms with Crippen LogP contribution in [0.2, 0.25) is 0 Å². The van der Waals surface area contributed by atoms with E-state index >= 15 is 0 Å². The van der Waals surface area contributed by atoms with Gasteiger partial charge in [-0.1, -0.05) is 56.7 Å². The Morgan fingerprint density at radius 3 is 1.32 bits per heavy atom. The molecule has 2 saturated carbocycles. The van der Waals surface area contributed by atoms with Crippen LogP contribution >= 0.6 is 0 Å². The lowest BCUT2D eigenvalue weighted by Crippen LogP contribution is -2.48. The molecule has 0 atom stereocenters. The number of anilines is 4. The van der Waals surface area contributed by atoms with Gasteiger partial charge in [0.25, 0.3) is 0 Å². The van der Waals surface area contributed by atoms with Gasteiger partial charge in [0.1, 0.15) is 37.8 Å². The van der Waals surface area contributed by atoms with Crippen LogP contribution in [0.4, 0.5) is 27.1 Å². The maximum atomic E-state index is 13.4. The maximum Gasteiger partial charge on any atom is 0.337 e. The number of piperazine rings is 2. The highest BCUT2D eigenvalue weighted by Crippen LogP contribution is 2.47. The SMILES string of the molecule is C=CCCNC(=O)Cn1c(-c2ccc(OCc3cc(N4CCCC4=O)ccc3N3CCN(S(C)(=O)=O)CC3)cc2)c(C2CCCCC2)c2ccc(C(=O)OC)cc21.COC(=O)c1ccc2c(C3CCCCC3)c(-c3ccc(OCc4cc(N5CCCC5=O)ccc4N4CCN(S(C)(=O)=O)CC4)cc3)n(CC(=O)O)c2c1.[2H]CF.[CH+]=CCCN. The van der Waals surface area contributed by atoms with E-state index in [2.05, 4.69) is 21.7 Å². The van der Waals surface area contributed by atoms with Crippen LogP contribution in [-0.4, -0.2) is 188 Å². The highest BCUT2D eigenvalue weighted by atomic mass is 32.2. The van der Waals surface area contributed by atoms with Crippen molar-refractivity contribution in [2.24, 2.45) is 5.73 Å². The van der Waals surface area contributed by atoms with Gasteiger partial charge < -0.3 is 63.8 Å². The summed E-state index contributed by atoms with van der Waals surface area (Å²) in [6.45, 7) is 15.2. The van der Waals surface area contributed by atoms with E-state index in [9.17, 15) is 55.1 Å². The Bertz CT molecular complexity index is 5130. The molecule has 6 fully saturated rings. The molecule has 3 amide bonds. The normalized spacial score (nSPS) is 16.6. The first kappa shape index (κ1) is 85.9. The summed E-state index contributed by atoms with van der Waals surface area (Å²) in [5.74, 6) is 0.0201. The molecular weight excluding hydrogens is 1530 g/mol. The monoisotopic (exact) mass is 1640 g/mol. The Balaban J connectivity index is 0.000000213. The molecule has 0 unspecified atom stereocenters. The summed E-state index contributed by atoms with van der Waals surface area (Å²) in [4.78, 5) is 84.2. The molecule has 4 N–H and O–H groups in total. The Morgan fingerprint density at radius 2 is 0.983 bits per heavy atom. The number of carboxylic acid groups (broad SMARTS) is 1. The highest BCUT2D eigenvalue weighted by Gasteiger charge is 2.34. The van der Waals surface area contributed by atoms with Gasteiger partial charge in [-0.3, -0.25) is 23.6 Å². The molecule has 0 bridgehead atoms. The van der Waals surface area contributed by atoms with Crippen molar-refractivity contribution < 1.29 is 75.4 Å². The average Bonchev–Trinajstić information content (AvgIpc) is 1.59. The van der Waals surface area contributed by atoms with E-state index in [-0.39, 0.29) is 49.9 Å². The van der Waals surface area contributed by atoms with Crippen LogP contribution < -0.4 is 40.1 Å². The number of sulfonamides is 2. The van der Waals surface area contributed by atoms with E-state index in [1.807, 2.05) is 123 Å². The fourth-order valence-electron chi connectivity index (χ4n) is 17.0. The predicted octanol–water partition coefficient (Wildman–Crippen LogP) is 13.5. The molecule has 8 aromatic rings. The molecule has 4 saturated heterocycles. The number of nitrogens with one attached hydrogen (secondary N) is 1. The summed E-state index contributed by atoms with van der Waals surface area (Å²) in [5, 5.41) is 15.0. The van der Waals surface area contributed by atoms with Crippen molar-refractivity contribution in [3.63, 3.8) is 0 Å². The first-order valence-corrected chi connectivity index (χ1v) is 44.0. The number of rotatable bonds is 27. The van der Waals surface area contributed by atoms with E-state index in [4.69, 9.17) is 32.6 Å². The number of hydrogen-bond acceptors (Lipinski definition) is 17. The molecule has 2 aromatic heterocycles. The summed E-state index contributed by atoms with van der Waals surface area (Å²) in [6, 6.07) is 38.7. The second-order valence-corrected chi connectivity index (χ2v) is 34.3. The Labute approximate surface area is 687 Å². The lowest BCUT2D eigenvalue weighted by molar-refractivity contribution is -0.137. The summed E-state index contributed by atoms with van der Waals surface area (Å²) in [7, 11) is -4.85. The molecule has 2 aliphatic carbocycles. The number of aliphatic carboxylic acids is 1. The fourth-order valence-corrected chi connectivity index (χ4v) is 18.6. The van der Waals surface area contributed by atoms with Crippen molar-refractivity contribution in [3.05, 3.63) is 180 Å². The van der Waals surface area contributed by atoms with Crippen LogP contribution in [0.15, 0.2) is 140 Å². The van der Waals surface area contributed by atoms with Crippen LogP contribution in [0.5, 0.6) is 11.5 Å². The van der Waals surface area contributed by atoms with Gasteiger partial charge >= 0.3 is 17.9 Å². The standard InChI is InChI=1S/C44H53N5O7S.C40H46N4O8S.C4H8N.CH3F/c1-4-5-21-45-40(50)29-49-39-28-33(44(52)55-2)15-19-37(39)42(31-10-7-6-8-11-31)43(49)32-13-17-36(18-14-32)56-30-34-27-35(48-22-9-12-41(48)51)16-20-38(34)46-23-25-47(26-24-46)57(3,53)54;1-51-40(48)29-12-16-33-35(24-29)44(25-37(46)47)39(38(33)27-7-4-3-5-8-27)28-10-14-32(15-11-28)52-26-30-23-31(43-18-6-9-36(43)45)13-17-34(30)41-19-21-42(22-20-41)53(2,49)50;1-2-3-4-5;1-2/h4,13-20,27-28,31H,1,5-12,21-26,29-30H2,2-3H3,(H,45,50);10-17,23-24,27H,3-9,18-22,25-26H2,1-2H3,(H,46,47);1-2H,3-5H2;1H3/q;;+1;/i;;;1D. The molecule has 117 heavy (non-hydrogen) atoms. The summed E-state index contributed by atoms with van der Waals surface area (Å²) in [5.41, 5.74) is 18.6. The van der Waals surface area contributed by atoms with Crippen molar-refractivity contribution >= 4 is 100 Å². The van der Waals surface area contributed by atoms with Gasteiger partial charge in [0.15, 0.2) is 6.08 Å². The van der Waals surface area contributed by atoms with Gasteiger partial charge in [0.2, 0.25) is 44.3 Å². The molecule has 6 aromatic carbocycles. The van der Waals surface area contributed by atoms with E-state index in [0.29, 0.717) is 132 Å². The molecule has 624 valence electrons. The third-order valence-corrected chi connectivity index (χ3v) is 25.3. The quantitative estimate of drug-likeness (QED) is 0.0186. The number of carbonyl (C=O) groups is 6. The molecule has 14 rings (SSSR count). The number of alkyl halides is 1. The number of nitrogens with two attached hydrogens (primary N) is 1. The molecule has 25 nitrogen and oxygen atoms in total. The summed E-state index contributed by atoms with van der Waals surface area (Å²) >= 11 is 0. The number of benzene rings is 6. The number of hydrogen-bond donors (Lipinski definition) is 3. The second-order valence-electron chi connectivity index (χ2n) is 30.3. The van der Waals surface area contributed by atoms with Crippen molar-refractivity contribution in [1.82, 2.24) is 23.1 Å². The zero-order chi connectivity index (χ0) is 84.2. The first-order valence-electron chi connectivity index (χ1n) is 41.0. The van der Waals surface area contributed by atoms with E-state index < -0.39 is 45.1 Å². The topological polar surface area (TPSA) is 295 Å². The molecule has 6 heterocycles. The molecule has 0 spiro atoms. The van der Waals surface area contributed by atoms with Gasteiger partial charge in [-0.15, -0.1) is 6.58 Å². The van der Waals surface area contributed by atoms with Gasteiger partial charge in [0, 0.05) is 142 Å². The Morgan fingerprint density at radius 1 is 0.573 bits per heavy atom. The lowest BCUT2D eigenvalue weighted by atomic mass is 9.81. The van der Waals surface area contributed by atoms with E-state index in [1.54, 1.807) is 29.2 Å². The van der Waals surface area contributed by atoms with Crippen LogP contribution in [0.25, 0.3) is 44.3 Å². The second kappa shape index (κ2) is 40.6.